The molecule has 1 amide bonds. The van der Waals surface area contributed by atoms with Crippen LogP contribution in [0.2, 0.25) is 0 Å². The first-order valence-electron chi connectivity index (χ1n) is 7.51. The van der Waals surface area contributed by atoms with Crippen molar-refractivity contribution in [3.8, 4) is 0 Å². The number of nitrogens with two attached hydrogens (primary N) is 1. The van der Waals surface area contributed by atoms with Crippen LogP contribution in [0.5, 0.6) is 0 Å². The Morgan fingerprint density at radius 1 is 1.33 bits per heavy atom. The summed E-state index contributed by atoms with van der Waals surface area (Å²) >= 11 is 0. The Labute approximate surface area is 125 Å². The lowest BCUT2D eigenvalue weighted by atomic mass is 9.80. The van der Waals surface area contributed by atoms with Gasteiger partial charge >= 0.3 is 0 Å². The van der Waals surface area contributed by atoms with Gasteiger partial charge in [-0.3, -0.25) is 4.79 Å². The Morgan fingerprint density at radius 3 is 2.62 bits per heavy atom. The van der Waals surface area contributed by atoms with Gasteiger partial charge in [0.2, 0.25) is 0 Å². The number of amidine groups is 1. The van der Waals surface area contributed by atoms with Crippen LogP contribution in [0.3, 0.4) is 0 Å². The van der Waals surface area contributed by atoms with E-state index in [1.807, 2.05) is 31.2 Å². The highest BCUT2D eigenvalue weighted by Gasteiger charge is 2.38. The number of amides is 1. The van der Waals surface area contributed by atoms with E-state index >= 15 is 0 Å². The molecule has 5 nitrogen and oxygen atoms in total. The van der Waals surface area contributed by atoms with Gasteiger partial charge in [0.15, 0.2) is 5.84 Å². The molecule has 1 saturated carbocycles. The minimum atomic E-state index is -0.717. The molecule has 1 fully saturated rings. The standard InChI is InChI=1S/C16H23N3O2/c1-2-12-8-4-5-9-13(12)14(20)18-16(15(17)19-21)10-6-3-7-11-16/h4-5,8-9,21H,2-3,6-7,10-11H2,1H3,(H2,17,19)(H,18,20). The molecule has 0 atom stereocenters. The number of benzene rings is 1. The molecule has 2 rings (SSSR count). The minimum Gasteiger partial charge on any atom is -0.409 e. The molecule has 114 valence electrons. The van der Waals surface area contributed by atoms with Crippen molar-refractivity contribution in [2.75, 3.05) is 0 Å². The van der Waals surface area contributed by atoms with Crippen LogP contribution in [0, 0.1) is 0 Å². The summed E-state index contributed by atoms with van der Waals surface area (Å²) in [6, 6.07) is 7.55. The maximum absolute atomic E-state index is 12.6. The number of aryl methyl sites for hydroxylation is 1. The van der Waals surface area contributed by atoms with Crippen molar-refractivity contribution in [1.82, 2.24) is 5.32 Å². The number of nitrogens with one attached hydrogen (secondary N) is 1. The number of hydrogen-bond acceptors (Lipinski definition) is 3. The van der Waals surface area contributed by atoms with E-state index in [2.05, 4.69) is 10.5 Å². The zero-order chi connectivity index (χ0) is 15.3. The summed E-state index contributed by atoms with van der Waals surface area (Å²) in [6.07, 6.45) is 5.26. The van der Waals surface area contributed by atoms with Gasteiger partial charge in [0.1, 0.15) is 5.54 Å². The summed E-state index contributed by atoms with van der Waals surface area (Å²) in [4.78, 5) is 12.6. The molecule has 0 bridgehead atoms. The highest BCUT2D eigenvalue weighted by molar-refractivity contribution is 6.01. The van der Waals surface area contributed by atoms with Gasteiger partial charge in [0, 0.05) is 5.56 Å². The molecule has 1 aromatic carbocycles. The van der Waals surface area contributed by atoms with Crippen molar-refractivity contribution < 1.29 is 10.0 Å². The predicted molar refractivity (Wildman–Crippen MR) is 82.5 cm³/mol. The van der Waals surface area contributed by atoms with Crippen LogP contribution in [-0.2, 0) is 6.42 Å². The molecule has 0 saturated heterocycles. The van der Waals surface area contributed by atoms with Crippen molar-refractivity contribution in [2.45, 2.75) is 51.0 Å². The quantitative estimate of drug-likeness (QED) is 0.344. The van der Waals surface area contributed by atoms with E-state index < -0.39 is 5.54 Å². The van der Waals surface area contributed by atoms with Gasteiger partial charge in [0.25, 0.3) is 5.91 Å². The minimum absolute atomic E-state index is 0.101. The SMILES string of the molecule is CCc1ccccc1C(=O)NC1(/C(N)=N/O)CCCCC1. The highest BCUT2D eigenvalue weighted by Crippen LogP contribution is 2.29. The lowest BCUT2D eigenvalue weighted by Crippen LogP contribution is -2.58. The Balaban J connectivity index is 2.26. The fourth-order valence-electron chi connectivity index (χ4n) is 3.03. The van der Waals surface area contributed by atoms with Crippen molar-refractivity contribution in [1.29, 1.82) is 0 Å². The first-order chi connectivity index (χ1) is 10.1. The zero-order valence-electron chi connectivity index (χ0n) is 12.4. The van der Waals surface area contributed by atoms with Gasteiger partial charge in [-0.1, -0.05) is 49.5 Å². The van der Waals surface area contributed by atoms with Gasteiger partial charge < -0.3 is 16.3 Å². The second-order valence-electron chi connectivity index (χ2n) is 5.59. The topological polar surface area (TPSA) is 87.7 Å². The second-order valence-corrected chi connectivity index (χ2v) is 5.59. The molecule has 0 spiro atoms. The van der Waals surface area contributed by atoms with E-state index in [-0.39, 0.29) is 11.7 Å². The lowest BCUT2D eigenvalue weighted by Gasteiger charge is -2.37. The van der Waals surface area contributed by atoms with Crippen molar-refractivity contribution in [3.05, 3.63) is 35.4 Å². The molecule has 4 N–H and O–H groups in total. The van der Waals surface area contributed by atoms with Crippen LogP contribution >= 0.6 is 0 Å². The van der Waals surface area contributed by atoms with Crippen LogP contribution in [0.15, 0.2) is 29.4 Å². The second kappa shape index (κ2) is 6.61. The van der Waals surface area contributed by atoms with Crippen LogP contribution in [0.4, 0.5) is 0 Å². The molecule has 0 radical (unpaired) electrons. The Kier molecular flexibility index (Phi) is 4.83. The smallest absolute Gasteiger partial charge is 0.252 e. The first kappa shape index (κ1) is 15.4. The van der Waals surface area contributed by atoms with Crippen LogP contribution in [0.1, 0.15) is 54.9 Å². The average molecular weight is 289 g/mol. The van der Waals surface area contributed by atoms with Gasteiger partial charge in [-0.25, -0.2) is 0 Å². The number of nitrogens with zero attached hydrogens (tertiary/aromatic N) is 1. The van der Waals surface area contributed by atoms with Gasteiger partial charge in [-0.2, -0.15) is 0 Å². The molecule has 1 aliphatic carbocycles. The molecule has 0 unspecified atom stereocenters. The van der Waals surface area contributed by atoms with Crippen LogP contribution in [0.25, 0.3) is 0 Å². The zero-order valence-corrected chi connectivity index (χ0v) is 12.4. The number of carbonyl (C=O) groups is 1. The fraction of sp³-hybridized carbons (Fsp3) is 0.500. The van der Waals surface area contributed by atoms with Crippen molar-refractivity contribution in [2.24, 2.45) is 10.9 Å². The summed E-state index contributed by atoms with van der Waals surface area (Å²) in [5, 5.41) is 15.2. The third-order valence-corrected chi connectivity index (χ3v) is 4.30. The predicted octanol–water partition coefficient (Wildman–Crippen LogP) is 2.43. The summed E-state index contributed by atoms with van der Waals surface area (Å²) in [5.41, 5.74) is 6.81. The van der Waals surface area contributed by atoms with E-state index in [0.29, 0.717) is 18.4 Å². The molecule has 1 aromatic rings. The van der Waals surface area contributed by atoms with Crippen LogP contribution < -0.4 is 11.1 Å². The molecular weight excluding hydrogens is 266 g/mol. The molecule has 1 aliphatic rings. The maximum atomic E-state index is 12.6. The third kappa shape index (κ3) is 3.17. The summed E-state index contributed by atoms with van der Waals surface area (Å²) in [7, 11) is 0. The first-order valence-corrected chi connectivity index (χ1v) is 7.51. The van der Waals surface area contributed by atoms with Crippen molar-refractivity contribution >= 4 is 11.7 Å². The van der Waals surface area contributed by atoms with E-state index in [0.717, 1.165) is 31.2 Å². The van der Waals surface area contributed by atoms with Crippen molar-refractivity contribution in [3.63, 3.8) is 0 Å². The van der Waals surface area contributed by atoms with E-state index in [1.54, 1.807) is 0 Å². The Bertz CT molecular complexity index is 534. The summed E-state index contributed by atoms with van der Waals surface area (Å²) in [5.74, 6) is -0.0505. The summed E-state index contributed by atoms with van der Waals surface area (Å²) in [6.45, 7) is 2.02. The van der Waals surface area contributed by atoms with E-state index in [1.165, 1.54) is 0 Å². The number of carbonyl (C=O) groups excluding carboxylic acids is 1. The van der Waals surface area contributed by atoms with Gasteiger partial charge in [0.05, 0.1) is 0 Å². The fourth-order valence-corrected chi connectivity index (χ4v) is 3.03. The van der Waals surface area contributed by atoms with Gasteiger partial charge in [-0.05, 0) is 30.9 Å². The third-order valence-electron chi connectivity index (χ3n) is 4.30. The molecule has 0 aliphatic heterocycles. The molecular formula is C16H23N3O2. The molecule has 21 heavy (non-hydrogen) atoms. The number of oxime groups is 1. The average Bonchev–Trinajstić information content (AvgIpc) is 2.54. The van der Waals surface area contributed by atoms with Gasteiger partial charge in [-0.15, -0.1) is 0 Å². The maximum Gasteiger partial charge on any atom is 0.252 e. The highest BCUT2D eigenvalue weighted by atomic mass is 16.4. The largest absolute Gasteiger partial charge is 0.409 e. The number of rotatable bonds is 4. The van der Waals surface area contributed by atoms with E-state index in [9.17, 15) is 4.79 Å². The monoisotopic (exact) mass is 289 g/mol. The lowest BCUT2D eigenvalue weighted by molar-refractivity contribution is 0.0905. The molecule has 5 heteroatoms. The number of hydrogen-bond donors (Lipinski definition) is 3. The Morgan fingerprint density at radius 2 is 2.00 bits per heavy atom. The normalized spacial score (nSPS) is 18.2. The Hall–Kier alpha value is -2.04. The van der Waals surface area contributed by atoms with Crippen LogP contribution in [-0.4, -0.2) is 22.5 Å². The van der Waals surface area contributed by atoms with E-state index in [4.69, 9.17) is 10.9 Å². The summed E-state index contributed by atoms with van der Waals surface area (Å²) < 4.78 is 0. The molecule has 0 heterocycles. The molecule has 0 aromatic heterocycles.